The van der Waals surface area contributed by atoms with E-state index in [4.69, 9.17) is 20.8 Å². The molecule has 1 atom stereocenters. The number of carbonyl (C=O) groups excluding carboxylic acids is 2. The number of hydrogen-bond acceptors (Lipinski definition) is 5. The molecule has 176 valence electrons. The molecule has 1 amide bonds. The molecule has 4 aromatic rings. The topological polar surface area (TPSA) is 80.0 Å². The first kappa shape index (κ1) is 22.9. The SMILES string of the molecule is O=C(CC1(O)C(=O)N(CCOc2ccccc2)c2ccccc21)c1ccc(-c2ccc(Cl)cc2)o1. The van der Waals surface area contributed by atoms with Gasteiger partial charge in [-0.05, 0) is 54.6 Å². The van der Waals surface area contributed by atoms with E-state index in [9.17, 15) is 14.7 Å². The Morgan fingerprint density at radius 3 is 2.43 bits per heavy atom. The molecule has 1 aromatic heterocycles. The number of anilines is 1. The van der Waals surface area contributed by atoms with E-state index >= 15 is 0 Å². The number of carbonyl (C=O) groups is 2. The van der Waals surface area contributed by atoms with Gasteiger partial charge in [0, 0.05) is 16.1 Å². The second-order valence-electron chi connectivity index (χ2n) is 8.27. The number of Topliss-reactive ketones (excluding diaryl/α,β-unsaturated/α-hetero) is 1. The van der Waals surface area contributed by atoms with Crippen LogP contribution in [0, 0.1) is 0 Å². The van der Waals surface area contributed by atoms with Gasteiger partial charge < -0.3 is 19.2 Å². The molecule has 3 aromatic carbocycles. The van der Waals surface area contributed by atoms with Crippen molar-refractivity contribution in [3.05, 3.63) is 107 Å². The van der Waals surface area contributed by atoms with Crippen molar-refractivity contribution >= 4 is 29.0 Å². The van der Waals surface area contributed by atoms with E-state index in [2.05, 4.69) is 0 Å². The first-order valence-electron chi connectivity index (χ1n) is 11.2. The fourth-order valence-corrected chi connectivity index (χ4v) is 4.37. The molecule has 2 heterocycles. The second kappa shape index (κ2) is 9.41. The molecule has 1 aliphatic rings. The molecule has 6 nitrogen and oxygen atoms in total. The van der Waals surface area contributed by atoms with E-state index in [0.29, 0.717) is 27.8 Å². The Kier molecular flexibility index (Phi) is 6.16. The fourth-order valence-electron chi connectivity index (χ4n) is 4.25. The lowest BCUT2D eigenvalue weighted by atomic mass is 9.89. The summed E-state index contributed by atoms with van der Waals surface area (Å²) in [7, 11) is 0. The van der Waals surface area contributed by atoms with Crippen LogP contribution in [0.25, 0.3) is 11.3 Å². The molecule has 1 unspecified atom stereocenters. The Hall–Kier alpha value is -3.87. The van der Waals surface area contributed by atoms with Gasteiger partial charge in [0.1, 0.15) is 18.1 Å². The lowest BCUT2D eigenvalue weighted by Crippen LogP contribution is -2.43. The van der Waals surface area contributed by atoms with Gasteiger partial charge in [-0.1, -0.05) is 48.0 Å². The number of ether oxygens (including phenoxy) is 1. The highest BCUT2D eigenvalue weighted by atomic mass is 35.5. The summed E-state index contributed by atoms with van der Waals surface area (Å²) < 4.78 is 11.5. The van der Waals surface area contributed by atoms with Crippen LogP contribution in [0.15, 0.2) is 95.4 Å². The number of para-hydroxylation sites is 2. The third kappa shape index (κ3) is 4.46. The Bertz CT molecular complexity index is 1370. The normalized spacial score (nSPS) is 16.9. The zero-order valence-electron chi connectivity index (χ0n) is 18.7. The third-order valence-electron chi connectivity index (χ3n) is 5.99. The molecular formula is C28H22ClNO5. The molecular weight excluding hydrogens is 466 g/mol. The third-order valence-corrected chi connectivity index (χ3v) is 6.24. The van der Waals surface area contributed by atoms with Gasteiger partial charge in [0.05, 0.1) is 18.7 Å². The van der Waals surface area contributed by atoms with Crippen molar-refractivity contribution in [2.45, 2.75) is 12.0 Å². The number of benzene rings is 3. The van der Waals surface area contributed by atoms with Crippen molar-refractivity contribution in [1.29, 1.82) is 0 Å². The predicted octanol–water partition coefficient (Wildman–Crippen LogP) is 5.49. The van der Waals surface area contributed by atoms with Gasteiger partial charge in [-0.2, -0.15) is 0 Å². The standard InChI is InChI=1S/C28H22ClNO5/c29-20-12-10-19(11-13-20)25-14-15-26(35-25)24(31)18-28(33)22-8-4-5-9-23(22)30(27(28)32)16-17-34-21-6-2-1-3-7-21/h1-15,33H,16-18H2. The maximum Gasteiger partial charge on any atom is 0.264 e. The molecule has 7 heteroatoms. The van der Waals surface area contributed by atoms with Gasteiger partial charge >= 0.3 is 0 Å². The van der Waals surface area contributed by atoms with Crippen LogP contribution in [0.2, 0.25) is 5.02 Å². The van der Waals surface area contributed by atoms with Gasteiger partial charge in [-0.15, -0.1) is 0 Å². The summed E-state index contributed by atoms with van der Waals surface area (Å²) in [5.41, 5.74) is -0.277. The minimum absolute atomic E-state index is 0.0690. The molecule has 5 rings (SSSR count). The van der Waals surface area contributed by atoms with Crippen molar-refractivity contribution in [2.24, 2.45) is 0 Å². The molecule has 0 bridgehead atoms. The van der Waals surface area contributed by atoms with Crippen LogP contribution in [-0.2, 0) is 10.4 Å². The molecule has 0 fully saturated rings. The number of amides is 1. The Balaban J connectivity index is 1.34. The van der Waals surface area contributed by atoms with Crippen molar-refractivity contribution in [3.63, 3.8) is 0 Å². The second-order valence-corrected chi connectivity index (χ2v) is 8.70. The van der Waals surface area contributed by atoms with Crippen LogP contribution in [-0.4, -0.2) is 29.9 Å². The zero-order chi connectivity index (χ0) is 24.4. The van der Waals surface area contributed by atoms with Crippen LogP contribution in [0.5, 0.6) is 5.75 Å². The van der Waals surface area contributed by atoms with E-state index < -0.39 is 23.7 Å². The number of halogens is 1. The van der Waals surface area contributed by atoms with E-state index in [-0.39, 0.29) is 18.9 Å². The van der Waals surface area contributed by atoms with Gasteiger partial charge in [0.25, 0.3) is 5.91 Å². The molecule has 0 spiro atoms. The van der Waals surface area contributed by atoms with E-state index in [1.54, 1.807) is 60.7 Å². The van der Waals surface area contributed by atoms with Crippen molar-refractivity contribution in [1.82, 2.24) is 0 Å². The Labute approximate surface area is 207 Å². The van der Waals surface area contributed by atoms with Gasteiger partial charge in [-0.25, -0.2) is 0 Å². The molecule has 1 N–H and O–H groups in total. The van der Waals surface area contributed by atoms with Gasteiger partial charge in [0.2, 0.25) is 5.78 Å². The number of aliphatic hydroxyl groups is 1. The van der Waals surface area contributed by atoms with Crippen LogP contribution in [0.4, 0.5) is 5.69 Å². The molecule has 0 saturated heterocycles. The number of nitrogens with zero attached hydrogens (tertiary/aromatic N) is 1. The van der Waals surface area contributed by atoms with E-state index in [1.165, 1.54) is 4.90 Å². The first-order chi connectivity index (χ1) is 17.0. The van der Waals surface area contributed by atoms with Crippen LogP contribution >= 0.6 is 11.6 Å². The maximum absolute atomic E-state index is 13.4. The largest absolute Gasteiger partial charge is 0.492 e. The summed E-state index contributed by atoms with van der Waals surface area (Å²) in [5, 5.41) is 12.1. The van der Waals surface area contributed by atoms with Gasteiger partial charge in [0.15, 0.2) is 11.4 Å². The monoisotopic (exact) mass is 487 g/mol. The highest BCUT2D eigenvalue weighted by molar-refractivity contribution is 6.30. The minimum atomic E-state index is -1.99. The maximum atomic E-state index is 13.4. The van der Waals surface area contributed by atoms with Crippen molar-refractivity contribution in [3.8, 4) is 17.1 Å². The van der Waals surface area contributed by atoms with E-state index in [1.807, 2.05) is 30.3 Å². The Morgan fingerprint density at radius 2 is 1.66 bits per heavy atom. The molecule has 0 saturated carbocycles. The summed E-state index contributed by atoms with van der Waals surface area (Å²) in [6.07, 6.45) is -0.438. The lowest BCUT2D eigenvalue weighted by molar-refractivity contribution is -0.136. The van der Waals surface area contributed by atoms with Crippen molar-refractivity contribution < 1.29 is 23.8 Å². The quantitative estimate of drug-likeness (QED) is 0.333. The summed E-state index contributed by atoms with van der Waals surface area (Å²) in [4.78, 5) is 27.9. The number of furan rings is 1. The average Bonchev–Trinajstić information content (AvgIpc) is 3.44. The van der Waals surface area contributed by atoms with Gasteiger partial charge in [-0.3, -0.25) is 9.59 Å². The summed E-state index contributed by atoms with van der Waals surface area (Å²) in [5.74, 6) is 0.216. The Morgan fingerprint density at radius 1 is 0.943 bits per heavy atom. The molecule has 35 heavy (non-hydrogen) atoms. The summed E-state index contributed by atoms with van der Waals surface area (Å²) in [6, 6.07) is 26.5. The lowest BCUT2D eigenvalue weighted by Gasteiger charge is -2.22. The summed E-state index contributed by atoms with van der Waals surface area (Å²) >= 11 is 5.94. The average molecular weight is 488 g/mol. The number of fused-ring (bicyclic) bond motifs is 1. The molecule has 1 aliphatic heterocycles. The number of ketones is 1. The summed E-state index contributed by atoms with van der Waals surface area (Å²) in [6.45, 7) is 0.458. The number of rotatable bonds is 8. The van der Waals surface area contributed by atoms with Crippen LogP contribution in [0.3, 0.4) is 0 Å². The van der Waals surface area contributed by atoms with Crippen LogP contribution < -0.4 is 9.64 Å². The molecule has 0 radical (unpaired) electrons. The number of hydrogen-bond donors (Lipinski definition) is 1. The van der Waals surface area contributed by atoms with Crippen molar-refractivity contribution in [2.75, 3.05) is 18.1 Å². The van der Waals surface area contributed by atoms with Crippen LogP contribution in [0.1, 0.15) is 22.5 Å². The van der Waals surface area contributed by atoms with E-state index in [0.717, 1.165) is 5.56 Å². The first-order valence-corrected chi connectivity index (χ1v) is 11.5. The minimum Gasteiger partial charge on any atom is -0.492 e. The molecule has 0 aliphatic carbocycles. The smallest absolute Gasteiger partial charge is 0.264 e. The highest BCUT2D eigenvalue weighted by Crippen LogP contribution is 2.43. The fraction of sp³-hybridized carbons (Fsp3) is 0.143. The highest BCUT2D eigenvalue weighted by Gasteiger charge is 2.51. The zero-order valence-corrected chi connectivity index (χ0v) is 19.4. The predicted molar refractivity (Wildman–Crippen MR) is 133 cm³/mol.